The van der Waals surface area contributed by atoms with Gasteiger partial charge < -0.3 is 5.73 Å². The molecule has 5 nitrogen and oxygen atoms in total. The third-order valence-corrected chi connectivity index (χ3v) is 3.07. The molecule has 0 aliphatic rings. The first-order chi connectivity index (χ1) is 9.63. The van der Waals surface area contributed by atoms with E-state index in [4.69, 9.17) is 5.73 Å². The van der Waals surface area contributed by atoms with Crippen LogP contribution in [0.2, 0.25) is 0 Å². The average molecular weight is 265 g/mol. The molecule has 0 aliphatic heterocycles. The predicted molar refractivity (Wildman–Crippen MR) is 78.5 cm³/mol. The van der Waals surface area contributed by atoms with Crippen molar-refractivity contribution in [1.29, 1.82) is 0 Å². The Morgan fingerprint density at radius 2 is 1.70 bits per heavy atom. The normalized spacial score (nSPS) is 10.7. The lowest BCUT2D eigenvalue weighted by atomic mass is 10.1. The molecule has 5 heteroatoms. The Hall–Kier alpha value is -2.69. The van der Waals surface area contributed by atoms with Crippen LogP contribution in [0.5, 0.6) is 0 Å². The fourth-order valence-corrected chi connectivity index (χ4v) is 2.02. The van der Waals surface area contributed by atoms with Crippen molar-refractivity contribution >= 4 is 5.82 Å². The number of aryl methyl sites for hydroxylation is 2. The van der Waals surface area contributed by atoms with Crippen molar-refractivity contribution in [2.75, 3.05) is 5.73 Å². The Morgan fingerprint density at radius 3 is 2.25 bits per heavy atom. The molecule has 2 N–H and O–H groups in total. The lowest BCUT2D eigenvalue weighted by Crippen LogP contribution is -2.05. The van der Waals surface area contributed by atoms with Gasteiger partial charge in [-0.05, 0) is 26.0 Å². The Kier molecular flexibility index (Phi) is 2.95. The number of nitrogen functional groups attached to an aromatic ring is 1. The Labute approximate surface area is 117 Å². The third kappa shape index (κ3) is 2.25. The van der Waals surface area contributed by atoms with Crippen molar-refractivity contribution in [3.63, 3.8) is 0 Å². The van der Waals surface area contributed by atoms with E-state index in [1.54, 1.807) is 10.7 Å². The lowest BCUT2D eigenvalue weighted by Gasteiger charge is -2.04. The summed E-state index contributed by atoms with van der Waals surface area (Å²) in [5.74, 6) is 1.17. The van der Waals surface area contributed by atoms with Crippen LogP contribution in [0.25, 0.3) is 17.1 Å². The summed E-state index contributed by atoms with van der Waals surface area (Å²) < 4.78 is 1.58. The Bertz CT molecular complexity index is 726. The molecule has 100 valence electrons. The molecule has 0 atom stereocenters. The molecular formula is C15H15N5. The van der Waals surface area contributed by atoms with Crippen LogP contribution >= 0.6 is 0 Å². The number of nitrogens with two attached hydrogens (primary N) is 1. The highest BCUT2D eigenvalue weighted by atomic mass is 15.4. The largest absolute Gasteiger partial charge is 0.384 e. The number of hydrogen-bond acceptors (Lipinski definition) is 4. The van der Waals surface area contributed by atoms with Crippen LogP contribution in [-0.2, 0) is 0 Å². The van der Waals surface area contributed by atoms with E-state index < -0.39 is 0 Å². The van der Waals surface area contributed by atoms with E-state index in [1.807, 2.05) is 31.2 Å². The van der Waals surface area contributed by atoms with Crippen molar-refractivity contribution in [3.05, 3.63) is 53.7 Å². The van der Waals surface area contributed by atoms with Crippen LogP contribution in [-0.4, -0.2) is 20.0 Å². The summed E-state index contributed by atoms with van der Waals surface area (Å²) in [6, 6.07) is 13.8. The van der Waals surface area contributed by atoms with E-state index in [2.05, 4.69) is 34.4 Å². The third-order valence-electron chi connectivity index (χ3n) is 3.07. The molecule has 0 fully saturated rings. The molecule has 0 amide bonds. The lowest BCUT2D eigenvalue weighted by molar-refractivity contribution is 0.813. The van der Waals surface area contributed by atoms with Crippen molar-refractivity contribution in [2.45, 2.75) is 13.8 Å². The summed E-state index contributed by atoms with van der Waals surface area (Å²) >= 11 is 0. The molecule has 3 rings (SSSR count). The van der Waals surface area contributed by atoms with Crippen molar-refractivity contribution in [1.82, 2.24) is 20.0 Å². The Balaban J connectivity index is 1.95. The standard InChI is InChI=1S/C15H15N5/c1-10-3-5-12(6-4-10)13-7-8-15(18-17-13)20-14(16)9-11(2)19-20/h3-9H,16H2,1-2H3. The number of aromatic nitrogens is 4. The molecule has 0 bridgehead atoms. The molecule has 2 aromatic heterocycles. The van der Waals surface area contributed by atoms with Gasteiger partial charge in [0.15, 0.2) is 5.82 Å². The fraction of sp³-hybridized carbons (Fsp3) is 0.133. The minimum atomic E-state index is 0.555. The second-order valence-electron chi connectivity index (χ2n) is 4.77. The first-order valence-corrected chi connectivity index (χ1v) is 6.37. The van der Waals surface area contributed by atoms with Crippen LogP contribution in [0.15, 0.2) is 42.5 Å². The SMILES string of the molecule is Cc1ccc(-c2ccc(-n3nc(C)cc3N)nn2)cc1. The maximum atomic E-state index is 5.87. The Morgan fingerprint density at radius 1 is 0.950 bits per heavy atom. The maximum absolute atomic E-state index is 5.87. The topological polar surface area (TPSA) is 69.6 Å². The smallest absolute Gasteiger partial charge is 0.178 e. The molecule has 0 spiro atoms. The zero-order valence-electron chi connectivity index (χ0n) is 11.4. The summed E-state index contributed by atoms with van der Waals surface area (Å²) in [4.78, 5) is 0. The van der Waals surface area contributed by atoms with Gasteiger partial charge in [0, 0.05) is 11.6 Å². The van der Waals surface area contributed by atoms with Crippen LogP contribution in [0.4, 0.5) is 5.82 Å². The van der Waals surface area contributed by atoms with Gasteiger partial charge in [0.05, 0.1) is 11.4 Å². The van der Waals surface area contributed by atoms with Gasteiger partial charge in [-0.2, -0.15) is 9.78 Å². The van der Waals surface area contributed by atoms with Gasteiger partial charge in [-0.25, -0.2) is 0 Å². The minimum absolute atomic E-state index is 0.555. The quantitative estimate of drug-likeness (QED) is 0.773. The summed E-state index contributed by atoms with van der Waals surface area (Å²) in [6.07, 6.45) is 0. The van der Waals surface area contributed by atoms with Gasteiger partial charge in [0.1, 0.15) is 5.82 Å². The molecule has 0 saturated carbocycles. The zero-order valence-corrected chi connectivity index (χ0v) is 11.4. The predicted octanol–water partition coefficient (Wildman–Crippen LogP) is 2.53. The highest BCUT2D eigenvalue weighted by Crippen LogP contribution is 2.18. The maximum Gasteiger partial charge on any atom is 0.178 e. The molecule has 2 heterocycles. The summed E-state index contributed by atoms with van der Waals surface area (Å²) in [5.41, 5.74) is 9.82. The summed E-state index contributed by atoms with van der Waals surface area (Å²) in [5, 5.41) is 12.7. The van der Waals surface area contributed by atoms with E-state index in [1.165, 1.54) is 5.56 Å². The number of nitrogens with zero attached hydrogens (tertiary/aromatic N) is 4. The molecule has 0 radical (unpaired) electrons. The molecule has 0 saturated heterocycles. The number of benzene rings is 1. The number of hydrogen-bond donors (Lipinski definition) is 1. The van der Waals surface area contributed by atoms with Crippen LogP contribution in [0.1, 0.15) is 11.3 Å². The zero-order chi connectivity index (χ0) is 14.1. The number of rotatable bonds is 2. The van der Waals surface area contributed by atoms with E-state index in [0.29, 0.717) is 11.6 Å². The van der Waals surface area contributed by atoms with Gasteiger partial charge in [0.25, 0.3) is 0 Å². The van der Waals surface area contributed by atoms with E-state index in [9.17, 15) is 0 Å². The first kappa shape index (κ1) is 12.3. The van der Waals surface area contributed by atoms with Crippen LogP contribution < -0.4 is 5.73 Å². The monoisotopic (exact) mass is 265 g/mol. The molecule has 3 aromatic rings. The van der Waals surface area contributed by atoms with Gasteiger partial charge in [-0.15, -0.1) is 10.2 Å². The average Bonchev–Trinajstić information content (AvgIpc) is 2.79. The van der Waals surface area contributed by atoms with Crippen LogP contribution in [0, 0.1) is 13.8 Å². The van der Waals surface area contributed by atoms with E-state index >= 15 is 0 Å². The molecular weight excluding hydrogens is 250 g/mol. The highest BCUT2D eigenvalue weighted by Gasteiger charge is 2.07. The highest BCUT2D eigenvalue weighted by molar-refractivity contribution is 5.59. The molecule has 20 heavy (non-hydrogen) atoms. The van der Waals surface area contributed by atoms with E-state index in [-0.39, 0.29) is 0 Å². The molecule has 0 aliphatic carbocycles. The molecule has 0 unspecified atom stereocenters. The summed E-state index contributed by atoms with van der Waals surface area (Å²) in [6.45, 7) is 3.95. The van der Waals surface area contributed by atoms with Crippen molar-refractivity contribution in [2.24, 2.45) is 0 Å². The van der Waals surface area contributed by atoms with Gasteiger partial charge in [0.2, 0.25) is 0 Å². The number of anilines is 1. The second kappa shape index (κ2) is 4.77. The molecule has 1 aromatic carbocycles. The fourth-order valence-electron chi connectivity index (χ4n) is 2.02. The first-order valence-electron chi connectivity index (χ1n) is 6.37. The summed E-state index contributed by atoms with van der Waals surface area (Å²) in [7, 11) is 0. The second-order valence-corrected chi connectivity index (χ2v) is 4.77. The van der Waals surface area contributed by atoms with Gasteiger partial charge >= 0.3 is 0 Å². The van der Waals surface area contributed by atoms with Gasteiger partial charge in [-0.1, -0.05) is 29.8 Å². The van der Waals surface area contributed by atoms with Crippen molar-refractivity contribution < 1.29 is 0 Å². The van der Waals surface area contributed by atoms with E-state index in [0.717, 1.165) is 17.0 Å². The minimum Gasteiger partial charge on any atom is -0.384 e. The van der Waals surface area contributed by atoms with Crippen molar-refractivity contribution in [3.8, 4) is 17.1 Å². The van der Waals surface area contributed by atoms with Crippen LogP contribution in [0.3, 0.4) is 0 Å². The van der Waals surface area contributed by atoms with Gasteiger partial charge in [-0.3, -0.25) is 0 Å².